The van der Waals surface area contributed by atoms with Crippen LogP contribution >= 0.6 is 0 Å². The van der Waals surface area contributed by atoms with Crippen LogP contribution in [0.3, 0.4) is 0 Å². The molecule has 4 aliphatic rings. The number of piperazine rings is 1. The van der Waals surface area contributed by atoms with Gasteiger partial charge in [0.2, 0.25) is 11.8 Å². The van der Waals surface area contributed by atoms with Crippen molar-refractivity contribution in [1.82, 2.24) is 14.7 Å². The van der Waals surface area contributed by atoms with Crippen LogP contribution in [0.2, 0.25) is 0 Å². The van der Waals surface area contributed by atoms with E-state index in [0.29, 0.717) is 29.6 Å². The standard InChI is InChI=1S/C29H51N3O2/c1-21(2)27(34)32(20-23-9-10-24-18-25(23)29(24,7)8)16-13-30-11-14-31(15-12-30)26(33)17-22(3)19-28(4,5)6/h9,21-22,24-25H,10-20H2,1-8H3. The minimum Gasteiger partial charge on any atom is -0.340 e. The molecule has 1 saturated carbocycles. The minimum absolute atomic E-state index is 0.0240. The van der Waals surface area contributed by atoms with E-state index in [-0.39, 0.29) is 17.2 Å². The minimum atomic E-state index is 0.0240. The van der Waals surface area contributed by atoms with Crippen LogP contribution in [0.4, 0.5) is 0 Å². The summed E-state index contributed by atoms with van der Waals surface area (Å²) in [5, 5.41) is 0. The van der Waals surface area contributed by atoms with Crippen molar-refractivity contribution in [1.29, 1.82) is 0 Å². The third-order valence-electron chi connectivity index (χ3n) is 8.66. The first-order valence-corrected chi connectivity index (χ1v) is 13.8. The van der Waals surface area contributed by atoms with Gasteiger partial charge in [-0.15, -0.1) is 0 Å². The fourth-order valence-corrected chi connectivity index (χ4v) is 6.54. The predicted octanol–water partition coefficient (Wildman–Crippen LogP) is 5.07. The first-order chi connectivity index (χ1) is 15.8. The van der Waals surface area contributed by atoms with Crippen LogP contribution in [-0.4, -0.2) is 72.3 Å². The van der Waals surface area contributed by atoms with Crippen LogP contribution in [-0.2, 0) is 9.59 Å². The van der Waals surface area contributed by atoms with E-state index in [9.17, 15) is 9.59 Å². The number of hydrogen-bond donors (Lipinski definition) is 0. The zero-order chi connectivity index (χ0) is 25.3. The van der Waals surface area contributed by atoms with Gasteiger partial charge in [-0.3, -0.25) is 14.5 Å². The Morgan fingerprint density at radius 2 is 1.76 bits per heavy atom. The van der Waals surface area contributed by atoms with E-state index < -0.39 is 0 Å². The van der Waals surface area contributed by atoms with Crippen molar-refractivity contribution in [3.63, 3.8) is 0 Å². The maximum Gasteiger partial charge on any atom is 0.225 e. The number of carbonyl (C=O) groups is 2. The zero-order valence-electron chi connectivity index (χ0n) is 23.3. The molecule has 34 heavy (non-hydrogen) atoms. The number of allylic oxidation sites excluding steroid dienone is 1. The zero-order valence-corrected chi connectivity index (χ0v) is 23.3. The van der Waals surface area contributed by atoms with Crippen LogP contribution in [0.5, 0.6) is 0 Å². The molecule has 2 amide bonds. The van der Waals surface area contributed by atoms with Crippen molar-refractivity contribution < 1.29 is 9.59 Å². The van der Waals surface area contributed by atoms with Crippen LogP contribution in [0.25, 0.3) is 0 Å². The Balaban J connectivity index is 1.48. The third kappa shape index (κ3) is 6.65. The number of hydrogen-bond acceptors (Lipinski definition) is 3. The highest BCUT2D eigenvalue weighted by molar-refractivity contribution is 5.78. The molecule has 1 saturated heterocycles. The summed E-state index contributed by atoms with van der Waals surface area (Å²) in [4.78, 5) is 32.4. The average Bonchev–Trinajstić information content (AvgIpc) is 2.74. The van der Waals surface area contributed by atoms with Gasteiger partial charge in [-0.25, -0.2) is 0 Å². The quantitative estimate of drug-likeness (QED) is 0.439. The summed E-state index contributed by atoms with van der Waals surface area (Å²) in [6, 6.07) is 0. The molecule has 2 fully saturated rings. The third-order valence-corrected chi connectivity index (χ3v) is 8.66. The smallest absolute Gasteiger partial charge is 0.225 e. The molecule has 3 unspecified atom stereocenters. The monoisotopic (exact) mass is 473 g/mol. The largest absolute Gasteiger partial charge is 0.340 e. The SMILES string of the molecule is CC(CC(=O)N1CCN(CCN(CC2=CCC3CC2C3(C)C)C(=O)C(C)C)CC1)CC(C)(C)C. The molecule has 3 aliphatic carbocycles. The molecule has 4 rings (SSSR count). The molecule has 0 aromatic rings. The molecular formula is C29H51N3O2. The van der Waals surface area contributed by atoms with Gasteiger partial charge in [-0.1, -0.05) is 67.0 Å². The number of nitrogens with zero attached hydrogens (tertiary/aromatic N) is 3. The van der Waals surface area contributed by atoms with Gasteiger partial charge in [0.05, 0.1) is 0 Å². The lowest BCUT2D eigenvalue weighted by molar-refractivity contribution is -0.135. The Morgan fingerprint density at radius 3 is 2.29 bits per heavy atom. The summed E-state index contributed by atoms with van der Waals surface area (Å²) in [6.07, 6.45) is 6.63. The second kappa shape index (κ2) is 10.7. The van der Waals surface area contributed by atoms with Crippen molar-refractivity contribution in [2.45, 2.75) is 81.1 Å². The van der Waals surface area contributed by atoms with Crippen LogP contribution in [0.15, 0.2) is 11.6 Å². The number of rotatable bonds is 9. The highest BCUT2D eigenvalue weighted by atomic mass is 16.2. The summed E-state index contributed by atoms with van der Waals surface area (Å²) in [5.74, 6) is 2.48. The molecule has 0 radical (unpaired) electrons. The molecule has 3 atom stereocenters. The predicted molar refractivity (Wildman–Crippen MR) is 140 cm³/mol. The van der Waals surface area contributed by atoms with E-state index in [4.69, 9.17) is 0 Å². The van der Waals surface area contributed by atoms with E-state index in [0.717, 1.165) is 58.2 Å². The molecule has 0 aromatic carbocycles. The highest BCUT2D eigenvalue weighted by Gasteiger charge is 2.51. The second-order valence-corrected chi connectivity index (χ2v) is 13.5. The lowest BCUT2D eigenvalue weighted by atomic mass is 9.49. The number of carbonyl (C=O) groups excluding carboxylic acids is 2. The van der Waals surface area contributed by atoms with Gasteiger partial charge in [-0.2, -0.15) is 0 Å². The van der Waals surface area contributed by atoms with Gasteiger partial charge in [0.1, 0.15) is 0 Å². The van der Waals surface area contributed by atoms with E-state index in [2.05, 4.69) is 62.3 Å². The first-order valence-electron chi connectivity index (χ1n) is 13.8. The molecular weight excluding hydrogens is 422 g/mol. The van der Waals surface area contributed by atoms with Gasteiger partial charge in [0.15, 0.2) is 0 Å². The fraction of sp³-hybridized carbons (Fsp3) is 0.862. The average molecular weight is 474 g/mol. The molecule has 1 aliphatic heterocycles. The van der Waals surface area contributed by atoms with E-state index in [1.165, 1.54) is 18.4 Å². The van der Waals surface area contributed by atoms with Crippen LogP contribution in [0.1, 0.15) is 81.1 Å². The summed E-state index contributed by atoms with van der Waals surface area (Å²) < 4.78 is 0. The van der Waals surface area contributed by atoms with Crippen LogP contribution in [0, 0.1) is 34.5 Å². The molecule has 0 spiro atoms. The van der Waals surface area contributed by atoms with E-state index >= 15 is 0 Å². The van der Waals surface area contributed by atoms with Crippen molar-refractivity contribution in [3.05, 3.63) is 11.6 Å². The molecule has 5 nitrogen and oxygen atoms in total. The normalized spacial score (nSPS) is 25.6. The Labute approximate surface area is 209 Å². The maximum absolute atomic E-state index is 13.0. The Morgan fingerprint density at radius 1 is 1.12 bits per heavy atom. The summed E-state index contributed by atoms with van der Waals surface area (Å²) in [7, 11) is 0. The Hall–Kier alpha value is -1.36. The van der Waals surface area contributed by atoms with Gasteiger partial charge < -0.3 is 9.80 Å². The maximum atomic E-state index is 13.0. The second-order valence-electron chi connectivity index (χ2n) is 13.5. The van der Waals surface area contributed by atoms with E-state index in [1.54, 1.807) is 0 Å². The summed E-state index contributed by atoms with van der Waals surface area (Å²) in [6.45, 7) is 23.7. The van der Waals surface area contributed by atoms with Gasteiger partial charge in [-0.05, 0) is 47.8 Å². The summed E-state index contributed by atoms with van der Waals surface area (Å²) in [5.41, 5.74) is 2.15. The van der Waals surface area contributed by atoms with Gasteiger partial charge in [0, 0.05) is 58.2 Å². The molecule has 1 heterocycles. The van der Waals surface area contributed by atoms with Crippen molar-refractivity contribution >= 4 is 11.8 Å². The lowest BCUT2D eigenvalue weighted by Crippen LogP contribution is -2.52. The summed E-state index contributed by atoms with van der Waals surface area (Å²) >= 11 is 0. The molecule has 5 heteroatoms. The topological polar surface area (TPSA) is 43.9 Å². The number of amides is 2. The Kier molecular flexibility index (Phi) is 8.59. The van der Waals surface area contributed by atoms with Crippen molar-refractivity contribution in [3.8, 4) is 0 Å². The molecule has 2 bridgehead atoms. The first kappa shape index (κ1) is 27.2. The van der Waals surface area contributed by atoms with Crippen molar-refractivity contribution in [2.75, 3.05) is 45.8 Å². The van der Waals surface area contributed by atoms with Crippen LogP contribution < -0.4 is 0 Å². The molecule has 0 N–H and O–H groups in total. The van der Waals surface area contributed by atoms with Gasteiger partial charge in [0.25, 0.3) is 0 Å². The molecule has 0 aromatic heterocycles. The fourth-order valence-electron chi connectivity index (χ4n) is 6.54. The van der Waals surface area contributed by atoms with Crippen molar-refractivity contribution in [2.24, 2.45) is 34.5 Å². The Bertz CT molecular complexity index is 756. The van der Waals surface area contributed by atoms with E-state index in [1.807, 2.05) is 13.8 Å². The lowest BCUT2D eigenvalue weighted by Gasteiger charge is -2.57. The number of fused-ring (bicyclic) bond motifs is 1. The molecule has 194 valence electrons. The highest BCUT2D eigenvalue weighted by Crippen LogP contribution is 2.59. The van der Waals surface area contributed by atoms with Gasteiger partial charge >= 0.3 is 0 Å².